The molecule has 4 aromatic rings. The van der Waals surface area contributed by atoms with Crippen LogP contribution < -0.4 is 9.47 Å². The largest absolute Gasteiger partial charge is 0.496 e. The van der Waals surface area contributed by atoms with Crippen LogP contribution >= 0.6 is 0 Å². The quantitative estimate of drug-likeness (QED) is 0.0865. The molecular weight excluding hydrogens is 572 g/mol. The van der Waals surface area contributed by atoms with Crippen LogP contribution in [0.5, 0.6) is 11.5 Å². The number of aryl methyl sites for hydroxylation is 1. The summed E-state index contributed by atoms with van der Waals surface area (Å²) in [5.41, 5.74) is 4.68. The Balaban J connectivity index is 1.33. The maximum absolute atomic E-state index is 12.9. The Bertz CT molecular complexity index is 1530. The molecule has 1 unspecified atom stereocenters. The fraction of sp³-hybridized carbons (Fsp3) is 0.333. The molecule has 0 aliphatic carbocycles. The predicted molar refractivity (Wildman–Crippen MR) is 176 cm³/mol. The van der Waals surface area contributed by atoms with Crippen LogP contribution in [0.15, 0.2) is 90.2 Å². The van der Waals surface area contributed by atoms with Crippen LogP contribution in [0.4, 0.5) is 0 Å². The second kappa shape index (κ2) is 17.3. The minimum atomic E-state index is -1.19. The lowest BCUT2D eigenvalue weighted by Crippen LogP contribution is -2.07. The van der Waals surface area contributed by atoms with Gasteiger partial charge in [-0.3, -0.25) is 9.00 Å². The van der Waals surface area contributed by atoms with Crippen molar-refractivity contribution in [1.82, 2.24) is 9.55 Å². The molecule has 0 aliphatic heterocycles. The van der Waals surface area contributed by atoms with Gasteiger partial charge in [-0.05, 0) is 78.1 Å². The van der Waals surface area contributed by atoms with Gasteiger partial charge in [-0.1, -0.05) is 50.6 Å². The van der Waals surface area contributed by atoms with Gasteiger partial charge in [-0.2, -0.15) is 0 Å². The first-order valence-corrected chi connectivity index (χ1v) is 16.5. The zero-order valence-electron chi connectivity index (χ0n) is 25.9. The number of carbonyl (C=O) groups is 1. The van der Waals surface area contributed by atoms with E-state index in [1.807, 2.05) is 71.3 Å². The number of rotatable bonds is 18. The topological polar surface area (TPSA) is 79.7 Å². The van der Waals surface area contributed by atoms with Gasteiger partial charge in [0, 0.05) is 36.2 Å². The summed E-state index contributed by atoms with van der Waals surface area (Å²) in [6.07, 6.45) is 10.4. The molecule has 8 heteroatoms. The summed E-state index contributed by atoms with van der Waals surface area (Å²) in [5.74, 6) is 1.86. The standard InChI is InChI=1S/C36H42N2O5S/c1-4-6-20-42-21-22-43-34-14-10-29(11-15-34)30-12-18-36(41-3)31(24-30)9-13-33(39)23-28-7-16-35(17-8-28)44(40)26-32-25-37-27-38(32)19-5-2/h7-18,24-25,27H,4-6,19-23,26H2,1-3H3. The lowest BCUT2D eigenvalue weighted by Gasteiger charge is -2.10. The minimum Gasteiger partial charge on any atom is -0.496 e. The number of unbranched alkanes of at least 4 members (excludes halogenated alkanes) is 1. The van der Waals surface area contributed by atoms with Crippen molar-refractivity contribution in [3.63, 3.8) is 0 Å². The van der Waals surface area contributed by atoms with E-state index in [4.69, 9.17) is 14.2 Å². The third kappa shape index (κ3) is 9.76. The van der Waals surface area contributed by atoms with Gasteiger partial charge >= 0.3 is 0 Å². The van der Waals surface area contributed by atoms with Crippen LogP contribution in [0.1, 0.15) is 49.9 Å². The predicted octanol–water partition coefficient (Wildman–Crippen LogP) is 7.30. The van der Waals surface area contributed by atoms with Crippen LogP contribution in [0.3, 0.4) is 0 Å². The van der Waals surface area contributed by atoms with E-state index in [1.165, 1.54) is 0 Å². The third-order valence-corrected chi connectivity index (χ3v) is 8.47. The van der Waals surface area contributed by atoms with Crippen molar-refractivity contribution in [2.75, 3.05) is 26.9 Å². The monoisotopic (exact) mass is 614 g/mol. The highest BCUT2D eigenvalue weighted by atomic mass is 32.2. The lowest BCUT2D eigenvalue weighted by atomic mass is 10.0. The Morgan fingerprint density at radius 3 is 2.43 bits per heavy atom. The van der Waals surface area contributed by atoms with Gasteiger partial charge in [0.25, 0.3) is 0 Å². The van der Waals surface area contributed by atoms with Gasteiger partial charge in [-0.15, -0.1) is 0 Å². The van der Waals surface area contributed by atoms with Crippen molar-refractivity contribution in [1.29, 1.82) is 0 Å². The molecule has 4 rings (SSSR count). The molecule has 0 radical (unpaired) electrons. The van der Waals surface area contributed by atoms with E-state index in [0.29, 0.717) is 24.7 Å². The van der Waals surface area contributed by atoms with Crippen LogP contribution in [0.25, 0.3) is 17.2 Å². The summed E-state index contributed by atoms with van der Waals surface area (Å²) in [5, 5.41) is 0. The molecule has 3 aromatic carbocycles. The third-order valence-electron chi connectivity index (χ3n) is 7.11. The van der Waals surface area contributed by atoms with E-state index in [2.05, 4.69) is 18.8 Å². The van der Waals surface area contributed by atoms with Crippen molar-refractivity contribution in [2.45, 2.75) is 56.7 Å². The average Bonchev–Trinajstić information content (AvgIpc) is 3.48. The molecule has 232 valence electrons. The number of benzene rings is 3. The molecule has 0 fully saturated rings. The number of ketones is 1. The molecule has 0 bridgehead atoms. The number of hydrogen-bond acceptors (Lipinski definition) is 6. The second-order valence-electron chi connectivity index (χ2n) is 10.5. The average molecular weight is 615 g/mol. The SMILES string of the molecule is CCCCOCCOc1ccc(-c2ccc(OC)c(C=CC(=O)Cc3ccc(S(=O)Cc4cncn4CCC)cc3)c2)cc1. The molecule has 44 heavy (non-hydrogen) atoms. The number of allylic oxidation sites excluding steroid dienone is 1. The lowest BCUT2D eigenvalue weighted by molar-refractivity contribution is -0.113. The van der Waals surface area contributed by atoms with Crippen molar-refractivity contribution in [3.05, 3.63) is 102 Å². The van der Waals surface area contributed by atoms with Crippen molar-refractivity contribution in [2.24, 2.45) is 0 Å². The smallest absolute Gasteiger partial charge is 0.160 e. The van der Waals surface area contributed by atoms with Gasteiger partial charge in [0.2, 0.25) is 0 Å². The van der Waals surface area contributed by atoms with E-state index in [-0.39, 0.29) is 12.2 Å². The molecule has 1 heterocycles. The van der Waals surface area contributed by atoms with Gasteiger partial charge < -0.3 is 18.8 Å². The number of nitrogens with zero attached hydrogens (tertiary/aromatic N) is 2. The van der Waals surface area contributed by atoms with Crippen LogP contribution in [0, 0.1) is 0 Å². The summed E-state index contributed by atoms with van der Waals surface area (Å²) in [6, 6.07) is 21.3. The minimum absolute atomic E-state index is 0.0324. The second-order valence-corrected chi connectivity index (χ2v) is 11.9. The number of ether oxygens (including phenoxy) is 3. The Labute approximate surface area is 263 Å². The van der Waals surface area contributed by atoms with Crippen LogP contribution in [-0.4, -0.2) is 46.5 Å². The first-order chi connectivity index (χ1) is 21.5. The number of hydrogen-bond donors (Lipinski definition) is 0. The van der Waals surface area contributed by atoms with E-state index >= 15 is 0 Å². The molecule has 7 nitrogen and oxygen atoms in total. The number of imidazole rings is 1. The van der Waals surface area contributed by atoms with E-state index in [0.717, 1.165) is 71.0 Å². The van der Waals surface area contributed by atoms with Crippen molar-refractivity contribution >= 4 is 22.7 Å². The van der Waals surface area contributed by atoms with Gasteiger partial charge in [-0.25, -0.2) is 4.98 Å². The summed E-state index contributed by atoms with van der Waals surface area (Å²) in [4.78, 5) is 17.8. The molecule has 1 atom stereocenters. The Hall–Kier alpha value is -4.01. The Kier molecular flexibility index (Phi) is 13.0. The summed E-state index contributed by atoms with van der Waals surface area (Å²) in [6.45, 7) is 6.97. The molecular formula is C36H42N2O5S. The van der Waals surface area contributed by atoms with Gasteiger partial charge in [0.1, 0.15) is 18.1 Å². The van der Waals surface area contributed by atoms with E-state index < -0.39 is 10.8 Å². The molecule has 0 spiro atoms. The Morgan fingerprint density at radius 1 is 0.932 bits per heavy atom. The molecule has 0 aliphatic rings. The van der Waals surface area contributed by atoms with Gasteiger partial charge in [0.15, 0.2) is 5.78 Å². The highest BCUT2D eigenvalue weighted by molar-refractivity contribution is 7.84. The highest BCUT2D eigenvalue weighted by Gasteiger charge is 2.11. The molecule has 0 N–H and O–H groups in total. The zero-order valence-corrected chi connectivity index (χ0v) is 26.7. The van der Waals surface area contributed by atoms with Crippen molar-refractivity contribution < 1.29 is 23.2 Å². The molecule has 0 saturated heterocycles. The van der Waals surface area contributed by atoms with Crippen LogP contribution in [0.2, 0.25) is 0 Å². The zero-order chi connectivity index (χ0) is 31.1. The van der Waals surface area contributed by atoms with E-state index in [1.54, 1.807) is 31.8 Å². The fourth-order valence-electron chi connectivity index (χ4n) is 4.68. The summed E-state index contributed by atoms with van der Waals surface area (Å²) < 4.78 is 31.9. The molecule has 0 saturated carbocycles. The van der Waals surface area contributed by atoms with Crippen molar-refractivity contribution in [3.8, 4) is 22.6 Å². The number of aromatic nitrogens is 2. The van der Waals surface area contributed by atoms with E-state index in [9.17, 15) is 9.00 Å². The first kappa shape index (κ1) is 32.9. The normalized spacial score (nSPS) is 12.0. The first-order valence-electron chi connectivity index (χ1n) is 15.2. The molecule has 1 aromatic heterocycles. The van der Waals surface area contributed by atoms with Crippen LogP contribution in [-0.2, 0) is 39.0 Å². The fourth-order valence-corrected chi connectivity index (χ4v) is 5.80. The Morgan fingerprint density at radius 2 is 1.70 bits per heavy atom. The molecule has 0 amide bonds. The number of carbonyl (C=O) groups excluding carboxylic acids is 1. The number of methoxy groups -OCH3 is 1. The maximum atomic E-state index is 12.9. The summed E-state index contributed by atoms with van der Waals surface area (Å²) >= 11 is 0. The highest BCUT2D eigenvalue weighted by Crippen LogP contribution is 2.29. The van der Waals surface area contributed by atoms with Gasteiger partial charge in [0.05, 0.1) is 42.3 Å². The summed E-state index contributed by atoms with van der Waals surface area (Å²) in [7, 11) is 0.432. The maximum Gasteiger partial charge on any atom is 0.160 e.